The van der Waals surface area contributed by atoms with Gasteiger partial charge >= 0.3 is 0 Å². The van der Waals surface area contributed by atoms with Crippen molar-refractivity contribution in [1.82, 2.24) is 0 Å². The molecule has 4 unspecified atom stereocenters. The lowest BCUT2D eigenvalue weighted by Crippen LogP contribution is -2.40. The molecule has 0 heterocycles. The first-order chi connectivity index (χ1) is 12.3. The third-order valence-corrected chi connectivity index (χ3v) is 8.16. The predicted molar refractivity (Wildman–Crippen MR) is 109 cm³/mol. The van der Waals surface area contributed by atoms with Crippen molar-refractivity contribution < 1.29 is 5.11 Å². The zero-order valence-electron chi connectivity index (χ0n) is 17.1. The van der Waals surface area contributed by atoms with Crippen LogP contribution in [0.25, 0.3) is 0 Å². The number of hydrogen-bond donors (Lipinski definition) is 1. The molecule has 26 heavy (non-hydrogen) atoms. The summed E-state index contributed by atoms with van der Waals surface area (Å²) < 4.78 is 0. The molecule has 0 spiro atoms. The minimum absolute atomic E-state index is 0.435. The van der Waals surface area contributed by atoms with E-state index >= 15 is 0 Å². The van der Waals surface area contributed by atoms with Crippen molar-refractivity contribution in [1.29, 1.82) is 0 Å². The third kappa shape index (κ3) is 3.12. The monoisotopic (exact) mass is 352 g/mol. The van der Waals surface area contributed by atoms with E-state index in [4.69, 9.17) is 0 Å². The van der Waals surface area contributed by atoms with Crippen LogP contribution < -0.4 is 0 Å². The minimum atomic E-state index is 0.435. The van der Waals surface area contributed by atoms with E-state index in [1.165, 1.54) is 50.5 Å². The van der Waals surface area contributed by atoms with Gasteiger partial charge in [-0.1, -0.05) is 38.5 Å². The first kappa shape index (κ1) is 18.1. The molecule has 0 saturated heterocycles. The maximum absolute atomic E-state index is 9.73. The molecule has 1 aromatic carbocycles. The number of fused-ring (bicyclic) bond motifs is 5. The maximum atomic E-state index is 9.73. The van der Waals surface area contributed by atoms with E-state index in [0.29, 0.717) is 11.2 Å². The van der Waals surface area contributed by atoms with Gasteiger partial charge in [-0.2, -0.15) is 0 Å². The highest BCUT2D eigenvalue weighted by molar-refractivity contribution is 5.40. The highest BCUT2D eigenvalue weighted by Crippen LogP contribution is 2.62. The van der Waals surface area contributed by atoms with Crippen LogP contribution in [0.15, 0.2) is 29.8 Å². The van der Waals surface area contributed by atoms with Crippen LogP contribution in [0.5, 0.6) is 5.75 Å². The van der Waals surface area contributed by atoms with Gasteiger partial charge in [-0.25, -0.2) is 0 Å². The van der Waals surface area contributed by atoms with Gasteiger partial charge in [-0.15, -0.1) is 0 Å². The summed E-state index contributed by atoms with van der Waals surface area (Å²) in [6.07, 6.45) is 13.2. The lowest BCUT2D eigenvalue weighted by atomic mass is 9.55. The molecule has 4 atom stereocenters. The fourth-order valence-corrected chi connectivity index (χ4v) is 6.14. The highest BCUT2D eigenvalue weighted by atomic mass is 16.3. The van der Waals surface area contributed by atoms with Crippen molar-refractivity contribution in [3.63, 3.8) is 0 Å². The van der Waals surface area contributed by atoms with Gasteiger partial charge in [-0.05, 0) is 110 Å². The summed E-state index contributed by atoms with van der Waals surface area (Å²) in [4.78, 5) is 0. The standard InChI is InChI=1S/C20H26O.C5H10/c1-3-14-5-9-19-18-7-4-13-12-15(21)6-8-16(13)17(18)10-11-20(14,19)2;1-5(2)3-4-5/h3,6,8,12,17-19,21H,4-5,7,9-11H2,1-2H3;3-4H2,1-2H3/b14-3-;. The molecular weight excluding hydrogens is 316 g/mol. The van der Waals surface area contributed by atoms with E-state index in [-0.39, 0.29) is 0 Å². The largest absolute Gasteiger partial charge is 0.508 e. The number of aryl methyl sites for hydroxylation is 1. The Hall–Kier alpha value is -1.24. The summed E-state index contributed by atoms with van der Waals surface area (Å²) in [5, 5.41) is 9.73. The molecule has 4 aliphatic rings. The zero-order chi connectivity index (χ0) is 18.5. The van der Waals surface area contributed by atoms with Gasteiger partial charge in [0.15, 0.2) is 0 Å². The van der Waals surface area contributed by atoms with Crippen molar-refractivity contribution >= 4 is 0 Å². The van der Waals surface area contributed by atoms with Crippen molar-refractivity contribution in [2.24, 2.45) is 22.7 Å². The lowest BCUT2D eigenvalue weighted by Gasteiger charge is -2.49. The van der Waals surface area contributed by atoms with Gasteiger partial charge in [0.05, 0.1) is 0 Å². The molecule has 1 aromatic rings. The molecule has 1 nitrogen and oxygen atoms in total. The van der Waals surface area contributed by atoms with Crippen LogP contribution in [0.3, 0.4) is 0 Å². The molecule has 3 fully saturated rings. The molecule has 3 saturated carbocycles. The minimum Gasteiger partial charge on any atom is -0.508 e. The van der Waals surface area contributed by atoms with Crippen molar-refractivity contribution in [2.45, 2.75) is 85.0 Å². The summed E-state index contributed by atoms with van der Waals surface area (Å²) in [6, 6.07) is 6.10. The molecule has 1 N–H and O–H groups in total. The average molecular weight is 353 g/mol. The van der Waals surface area contributed by atoms with E-state index in [2.05, 4.69) is 39.8 Å². The number of hydrogen-bond acceptors (Lipinski definition) is 1. The SMILES string of the molecule is C/C=C1/CCC2C3CCc4cc(O)ccc4C3CCC12C.CC1(C)CC1. The summed E-state index contributed by atoms with van der Waals surface area (Å²) >= 11 is 0. The van der Waals surface area contributed by atoms with Crippen LogP contribution in [-0.2, 0) is 6.42 Å². The lowest BCUT2D eigenvalue weighted by molar-refractivity contribution is 0.0813. The molecule has 5 rings (SSSR count). The fourth-order valence-electron chi connectivity index (χ4n) is 6.14. The number of phenolic OH excluding ortho intramolecular Hbond substituents is 1. The predicted octanol–water partition coefficient (Wildman–Crippen LogP) is 7.00. The second-order valence-electron chi connectivity index (χ2n) is 10.3. The van der Waals surface area contributed by atoms with Crippen molar-refractivity contribution in [3.8, 4) is 5.75 Å². The molecular formula is C25H36O. The molecule has 1 heteroatoms. The first-order valence-electron chi connectivity index (χ1n) is 10.8. The molecule has 4 aliphatic carbocycles. The topological polar surface area (TPSA) is 20.2 Å². The van der Waals surface area contributed by atoms with E-state index in [1.54, 1.807) is 11.1 Å². The van der Waals surface area contributed by atoms with E-state index in [9.17, 15) is 5.11 Å². The third-order valence-electron chi connectivity index (χ3n) is 8.16. The molecule has 0 aromatic heterocycles. The Bertz CT molecular complexity index is 707. The van der Waals surface area contributed by atoms with E-state index in [1.807, 2.05) is 12.1 Å². The Labute approximate surface area is 159 Å². The number of benzene rings is 1. The molecule has 142 valence electrons. The van der Waals surface area contributed by atoms with Crippen LogP contribution in [0.4, 0.5) is 0 Å². The smallest absolute Gasteiger partial charge is 0.115 e. The van der Waals surface area contributed by atoms with Crippen LogP contribution in [0.1, 0.15) is 89.7 Å². The Balaban J connectivity index is 0.000000292. The second-order valence-corrected chi connectivity index (χ2v) is 10.3. The number of phenols is 1. The van der Waals surface area contributed by atoms with E-state index in [0.717, 1.165) is 29.6 Å². The summed E-state index contributed by atoms with van der Waals surface area (Å²) in [6.45, 7) is 9.36. The van der Waals surface area contributed by atoms with E-state index < -0.39 is 0 Å². The summed E-state index contributed by atoms with van der Waals surface area (Å²) in [5.41, 5.74) is 5.90. The fraction of sp³-hybridized carbons (Fsp3) is 0.680. The first-order valence-corrected chi connectivity index (χ1v) is 10.8. The Morgan fingerprint density at radius 2 is 1.73 bits per heavy atom. The quantitative estimate of drug-likeness (QED) is 0.498. The van der Waals surface area contributed by atoms with Crippen LogP contribution in [-0.4, -0.2) is 5.11 Å². The van der Waals surface area contributed by atoms with Gasteiger partial charge in [0.1, 0.15) is 5.75 Å². The maximum Gasteiger partial charge on any atom is 0.115 e. The molecule has 0 amide bonds. The molecule has 0 radical (unpaired) electrons. The number of rotatable bonds is 0. The van der Waals surface area contributed by atoms with Crippen molar-refractivity contribution in [2.75, 3.05) is 0 Å². The van der Waals surface area contributed by atoms with Gasteiger partial charge in [0.2, 0.25) is 0 Å². The zero-order valence-corrected chi connectivity index (χ0v) is 17.1. The summed E-state index contributed by atoms with van der Waals surface area (Å²) in [7, 11) is 0. The highest BCUT2D eigenvalue weighted by Gasteiger charge is 2.52. The van der Waals surface area contributed by atoms with Gasteiger partial charge in [0.25, 0.3) is 0 Å². The van der Waals surface area contributed by atoms with Crippen LogP contribution in [0, 0.1) is 22.7 Å². The van der Waals surface area contributed by atoms with Gasteiger partial charge in [0, 0.05) is 0 Å². The molecule has 0 bridgehead atoms. The van der Waals surface area contributed by atoms with Crippen LogP contribution >= 0.6 is 0 Å². The number of aromatic hydroxyl groups is 1. The Morgan fingerprint density at radius 1 is 1.00 bits per heavy atom. The normalized spacial score (nSPS) is 37.8. The summed E-state index contributed by atoms with van der Waals surface area (Å²) in [5.74, 6) is 2.91. The van der Waals surface area contributed by atoms with Gasteiger partial charge < -0.3 is 5.11 Å². The Kier molecular flexibility index (Phi) is 4.48. The second kappa shape index (κ2) is 6.43. The van der Waals surface area contributed by atoms with Crippen molar-refractivity contribution in [3.05, 3.63) is 41.0 Å². The van der Waals surface area contributed by atoms with Crippen LogP contribution in [0.2, 0.25) is 0 Å². The Morgan fingerprint density at radius 3 is 2.38 bits per heavy atom. The average Bonchev–Trinajstić information content (AvgIpc) is 3.19. The molecule has 0 aliphatic heterocycles. The van der Waals surface area contributed by atoms with Gasteiger partial charge in [-0.3, -0.25) is 0 Å². The number of allylic oxidation sites excluding steroid dienone is 2.